The van der Waals surface area contributed by atoms with Gasteiger partial charge in [0.05, 0.1) is 6.10 Å². The molecule has 21 heavy (non-hydrogen) atoms. The zero-order valence-corrected chi connectivity index (χ0v) is 14.7. The van der Waals surface area contributed by atoms with E-state index in [-0.39, 0.29) is 0 Å². The van der Waals surface area contributed by atoms with E-state index in [4.69, 9.17) is 4.74 Å². The Morgan fingerprint density at radius 1 is 1.24 bits per heavy atom. The molecule has 0 radical (unpaired) electrons. The topological polar surface area (TPSA) is 24.5 Å². The number of methoxy groups -OCH3 is 1. The molecule has 0 spiro atoms. The summed E-state index contributed by atoms with van der Waals surface area (Å²) >= 11 is 0. The molecule has 124 valence electrons. The molecular weight excluding hydrogens is 260 g/mol. The summed E-state index contributed by atoms with van der Waals surface area (Å²) in [7, 11) is 1.86. The highest BCUT2D eigenvalue weighted by atomic mass is 16.5. The Bertz CT molecular complexity index is 306. The van der Waals surface area contributed by atoms with Crippen LogP contribution in [0.1, 0.15) is 59.3 Å². The van der Waals surface area contributed by atoms with Crippen LogP contribution >= 0.6 is 0 Å². The zero-order chi connectivity index (χ0) is 15.3. The van der Waals surface area contributed by atoms with Gasteiger partial charge < -0.3 is 15.0 Å². The maximum absolute atomic E-state index is 5.59. The third kappa shape index (κ3) is 4.67. The first-order chi connectivity index (χ1) is 10.1. The number of hydrogen-bond acceptors (Lipinski definition) is 3. The summed E-state index contributed by atoms with van der Waals surface area (Å²) in [5.41, 5.74) is 0.439. The average molecular weight is 296 g/mol. The number of ether oxygens (including phenoxy) is 1. The van der Waals surface area contributed by atoms with E-state index in [1.807, 2.05) is 7.11 Å². The second-order valence-corrected chi connectivity index (χ2v) is 7.83. The molecule has 2 fully saturated rings. The maximum atomic E-state index is 5.59. The molecule has 0 bridgehead atoms. The monoisotopic (exact) mass is 296 g/mol. The van der Waals surface area contributed by atoms with Gasteiger partial charge in [-0.2, -0.15) is 0 Å². The Labute approximate surface area is 131 Å². The van der Waals surface area contributed by atoms with E-state index in [0.29, 0.717) is 17.6 Å². The van der Waals surface area contributed by atoms with Crippen molar-refractivity contribution in [3.05, 3.63) is 0 Å². The summed E-state index contributed by atoms with van der Waals surface area (Å²) in [5.74, 6) is 0.802. The molecule has 0 aromatic heterocycles. The van der Waals surface area contributed by atoms with Crippen LogP contribution in [-0.2, 0) is 4.74 Å². The first kappa shape index (κ1) is 17.2. The van der Waals surface area contributed by atoms with Crippen LogP contribution in [0.3, 0.4) is 0 Å². The van der Waals surface area contributed by atoms with Crippen molar-refractivity contribution in [1.82, 2.24) is 10.2 Å². The molecule has 3 unspecified atom stereocenters. The Balaban J connectivity index is 1.95. The van der Waals surface area contributed by atoms with Gasteiger partial charge in [-0.3, -0.25) is 0 Å². The largest absolute Gasteiger partial charge is 0.380 e. The van der Waals surface area contributed by atoms with E-state index in [0.717, 1.165) is 19.0 Å². The Morgan fingerprint density at radius 2 is 2.05 bits per heavy atom. The highest BCUT2D eigenvalue weighted by molar-refractivity contribution is 4.95. The molecule has 2 aliphatic rings. The summed E-state index contributed by atoms with van der Waals surface area (Å²) in [6.07, 6.45) is 8.36. The lowest BCUT2D eigenvalue weighted by Crippen LogP contribution is -2.54. The van der Waals surface area contributed by atoms with Crippen LogP contribution in [0.4, 0.5) is 0 Å². The van der Waals surface area contributed by atoms with Gasteiger partial charge in [0.15, 0.2) is 0 Å². The van der Waals surface area contributed by atoms with Crippen LogP contribution in [0.2, 0.25) is 0 Å². The van der Waals surface area contributed by atoms with Crippen LogP contribution in [0.5, 0.6) is 0 Å². The lowest BCUT2D eigenvalue weighted by Gasteiger charge is -2.47. The van der Waals surface area contributed by atoms with Gasteiger partial charge in [0.1, 0.15) is 0 Å². The minimum absolute atomic E-state index is 0.439. The average Bonchev–Trinajstić information content (AvgIpc) is 2.46. The minimum atomic E-state index is 0.439. The number of likely N-dealkylation sites (tertiary alicyclic amines) is 1. The maximum Gasteiger partial charge on any atom is 0.0698 e. The smallest absolute Gasteiger partial charge is 0.0698 e. The quantitative estimate of drug-likeness (QED) is 0.814. The fourth-order valence-electron chi connectivity index (χ4n) is 4.42. The first-order valence-electron chi connectivity index (χ1n) is 9.05. The predicted molar refractivity (Wildman–Crippen MR) is 89.7 cm³/mol. The molecule has 0 aromatic carbocycles. The molecule has 1 saturated carbocycles. The molecule has 2 rings (SSSR count). The van der Waals surface area contributed by atoms with Crippen LogP contribution in [0.25, 0.3) is 0 Å². The van der Waals surface area contributed by atoms with Crippen molar-refractivity contribution >= 4 is 0 Å². The van der Waals surface area contributed by atoms with E-state index in [9.17, 15) is 0 Å². The fraction of sp³-hybridized carbons (Fsp3) is 1.00. The van der Waals surface area contributed by atoms with Crippen LogP contribution in [-0.4, -0.2) is 50.3 Å². The fourth-order valence-corrected chi connectivity index (χ4v) is 4.42. The number of nitrogens with zero attached hydrogens (tertiary/aromatic N) is 1. The summed E-state index contributed by atoms with van der Waals surface area (Å²) in [6.45, 7) is 12.0. The van der Waals surface area contributed by atoms with Gasteiger partial charge in [0, 0.05) is 26.2 Å². The van der Waals surface area contributed by atoms with Crippen molar-refractivity contribution in [2.24, 2.45) is 11.3 Å². The summed E-state index contributed by atoms with van der Waals surface area (Å²) in [4.78, 5) is 2.66. The zero-order valence-electron chi connectivity index (χ0n) is 14.7. The van der Waals surface area contributed by atoms with Gasteiger partial charge in [-0.05, 0) is 56.5 Å². The van der Waals surface area contributed by atoms with Gasteiger partial charge in [0.25, 0.3) is 0 Å². The molecule has 3 atom stereocenters. The molecule has 0 aromatic rings. The Kier molecular flexibility index (Phi) is 6.51. The second kappa shape index (κ2) is 7.94. The van der Waals surface area contributed by atoms with Crippen molar-refractivity contribution < 1.29 is 4.74 Å². The van der Waals surface area contributed by atoms with Crippen molar-refractivity contribution in [2.75, 3.05) is 33.3 Å². The number of hydrogen-bond donors (Lipinski definition) is 1. The minimum Gasteiger partial charge on any atom is -0.380 e. The van der Waals surface area contributed by atoms with E-state index < -0.39 is 0 Å². The molecule has 3 nitrogen and oxygen atoms in total. The van der Waals surface area contributed by atoms with Gasteiger partial charge in [0.2, 0.25) is 0 Å². The molecular formula is C18H36N2O. The molecule has 1 N–H and O–H groups in total. The van der Waals surface area contributed by atoms with Crippen LogP contribution in [0.15, 0.2) is 0 Å². The van der Waals surface area contributed by atoms with Gasteiger partial charge in [-0.25, -0.2) is 0 Å². The lowest BCUT2D eigenvalue weighted by molar-refractivity contribution is 0.0109. The van der Waals surface area contributed by atoms with E-state index in [1.165, 1.54) is 51.6 Å². The molecule has 3 heteroatoms. The SMILES string of the molecule is CCCNC1C(CN2CCCC(OC)C2)CCCC1(C)C. The molecule has 0 amide bonds. The standard InChI is InChI=1S/C18H36N2O/c1-5-11-19-17-15(8-6-10-18(17,2)3)13-20-12-7-9-16(14-20)21-4/h15-17,19H,5-14H2,1-4H3. The number of rotatable bonds is 6. The van der Waals surface area contributed by atoms with Crippen molar-refractivity contribution in [1.29, 1.82) is 0 Å². The predicted octanol–water partition coefficient (Wildman–Crippen LogP) is 3.29. The van der Waals surface area contributed by atoms with Crippen molar-refractivity contribution in [2.45, 2.75) is 71.4 Å². The van der Waals surface area contributed by atoms with Crippen LogP contribution < -0.4 is 5.32 Å². The molecule has 1 saturated heterocycles. The third-order valence-electron chi connectivity index (χ3n) is 5.61. The molecule has 1 aliphatic carbocycles. The van der Waals surface area contributed by atoms with Crippen LogP contribution in [0, 0.1) is 11.3 Å². The van der Waals surface area contributed by atoms with E-state index in [1.54, 1.807) is 0 Å². The molecule has 1 aliphatic heterocycles. The lowest BCUT2D eigenvalue weighted by atomic mass is 9.67. The highest BCUT2D eigenvalue weighted by Crippen LogP contribution is 2.39. The molecule has 1 heterocycles. The van der Waals surface area contributed by atoms with Crippen molar-refractivity contribution in [3.8, 4) is 0 Å². The summed E-state index contributed by atoms with van der Waals surface area (Å²) < 4.78 is 5.59. The summed E-state index contributed by atoms with van der Waals surface area (Å²) in [5, 5.41) is 3.87. The van der Waals surface area contributed by atoms with Gasteiger partial charge in [-0.15, -0.1) is 0 Å². The van der Waals surface area contributed by atoms with Crippen molar-refractivity contribution in [3.63, 3.8) is 0 Å². The normalized spacial score (nSPS) is 34.0. The van der Waals surface area contributed by atoms with Gasteiger partial charge in [-0.1, -0.05) is 27.2 Å². The van der Waals surface area contributed by atoms with E-state index >= 15 is 0 Å². The highest BCUT2D eigenvalue weighted by Gasteiger charge is 2.39. The Hall–Kier alpha value is -0.120. The number of piperidine rings is 1. The second-order valence-electron chi connectivity index (χ2n) is 7.83. The summed E-state index contributed by atoms with van der Waals surface area (Å²) in [6, 6.07) is 0.675. The van der Waals surface area contributed by atoms with Gasteiger partial charge >= 0.3 is 0 Å². The Morgan fingerprint density at radius 3 is 2.76 bits per heavy atom. The first-order valence-corrected chi connectivity index (χ1v) is 9.05. The van der Waals surface area contributed by atoms with E-state index in [2.05, 4.69) is 31.0 Å². The third-order valence-corrected chi connectivity index (χ3v) is 5.61. The number of nitrogens with one attached hydrogen (secondary N) is 1.